The normalized spacial score (nSPS) is 21.1. The molecule has 0 unspecified atom stereocenters. The van der Waals surface area contributed by atoms with Crippen molar-refractivity contribution in [1.82, 2.24) is 9.88 Å². The Labute approximate surface area is 172 Å². The zero-order chi connectivity index (χ0) is 20.6. The van der Waals surface area contributed by atoms with Gasteiger partial charge in [0.05, 0.1) is 11.5 Å². The largest absolute Gasteiger partial charge is 0.329 e. The molecule has 2 atom stereocenters. The molecule has 1 fully saturated rings. The Balaban J connectivity index is 1.82. The average Bonchev–Trinajstić information content (AvgIpc) is 3.19. The van der Waals surface area contributed by atoms with Gasteiger partial charge in [0.15, 0.2) is 0 Å². The minimum atomic E-state index is -0.463. The van der Waals surface area contributed by atoms with Crippen molar-refractivity contribution in [3.63, 3.8) is 0 Å². The molecule has 0 radical (unpaired) electrons. The van der Waals surface area contributed by atoms with Crippen molar-refractivity contribution in [3.8, 4) is 0 Å². The SMILES string of the molecule is CC[C@H](C)N1C(=O)c2ccccc2[C@H](C(=O)Nc2ccc(C)cn2)C12CCCC2. The van der Waals surface area contributed by atoms with E-state index >= 15 is 0 Å². The average molecular weight is 392 g/mol. The highest BCUT2D eigenvalue weighted by molar-refractivity contribution is 6.05. The Morgan fingerprint density at radius 2 is 1.97 bits per heavy atom. The first-order valence-corrected chi connectivity index (χ1v) is 10.6. The molecule has 2 aliphatic rings. The standard InChI is InChI=1S/C24H29N3O2/c1-4-17(3)27-23(29)19-10-6-5-9-18(19)21(24(27)13-7-8-14-24)22(28)26-20-12-11-16(2)15-25-20/h5-6,9-12,15,17,21H,4,7-8,13-14H2,1-3H3,(H,25,26,28)/t17-,21+/m0/s1. The number of anilines is 1. The van der Waals surface area contributed by atoms with Crippen LogP contribution in [0.25, 0.3) is 0 Å². The summed E-state index contributed by atoms with van der Waals surface area (Å²) in [6, 6.07) is 11.5. The van der Waals surface area contributed by atoms with Gasteiger partial charge >= 0.3 is 0 Å². The lowest BCUT2D eigenvalue weighted by Gasteiger charge is -2.52. The van der Waals surface area contributed by atoms with E-state index in [9.17, 15) is 9.59 Å². The molecular weight excluding hydrogens is 362 g/mol. The molecule has 2 heterocycles. The molecule has 1 aromatic carbocycles. The van der Waals surface area contributed by atoms with Crippen molar-refractivity contribution in [1.29, 1.82) is 0 Å². The molecule has 1 saturated carbocycles. The third kappa shape index (κ3) is 3.22. The summed E-state index contributed by atoms with van der Waals surface area (Å²) in [6.45, 7) is 6.17. The molecule has 1 aliphatic heterocycles. The summed E-state index contributed by atoms with van der Waals surface area (Å²) in [4.78, 5) is 33.6. The third-order valence-corrected chi connectivity index (χ3v) is 6.66. The maximum atomic E-state index is 13.7. The second-order valence-electron chi connectivity index (χ2n) is 8.47. The number of hydrogen-bond acceptors (Lipinski definition) is 3. The predicted molar refractivity (Wildman–Crippen MR) is 114 cm³/mol. The van der Waals surface area contributed by atoms with Gasteiger partial charge < -0.3 is 10.2 Å². The van der Waals surface area contributed by atoms with Crippen molar-refractivity contribution in [2.75, 3.05) is 5.32 Å². The topological polar surface area (TPSA) is 62.3 Å². The highest BCUT2D eigenvalue weighted by Gasteiger charge is 2.56. The number of rotatable bonds is 4. The Hall–Kier alpha value is -2.69. The van der Waals surface area contributed by atoms with Gasteiger partial charge in [-0.2, -0.15) is 0 Å². The quantitative estimate of drug-likeness (QED) is 0.823. The van der Waals surface area contributed by atoms with E-state index < -0.39 is 11.5 Å². The third-order valence-electron chi connectivity index (χ3n) is 6.66. The van der Waals surface area contributed by atoms with Crippen LogP contribution in [0.5, 0.6) is 0 Å². The fraction of sp³-hybridized carbons (Fsp3) is 0.458. The van der Waals surface area contributed by atoms with Crippen LogP contribution in [0.15, 0.2) is 42.6 Å². The maximum absolute atomic E-state index is 13.7. The number of hydrogen-bond donors (Lipinski definition) is 1. The number of nitrogens with one attached hydrogen (secondary N) is 1. The lowest BCUT2D eigenvalue weighted by atomic mass is 9.70. The van der Waals surface area contributed by atoms with Crippen LogP contribution >= 0.6 is 0 Å². The number of fused-ring (bicyclic) bond motifs is 1. The minimum absolute atomic E-state index is 0.0642. The van der Waals surface area contributed by atoms with Gasteiger partial charge in [-0.15, -0.1) is 0 Å². The molecule has 0 saturated heterocycles. The first-order valence-electron chi connectivity index (χ1n) is 10.6. The van der Waals surface area contributed by atoms with Gasteiger partial charge in [-0.25, -0.2) is 4.98 Å². The van der Waals surface area contributed by atoms with Crippen LogP contribution in [0.1, 0.15) is 73.4 Å². The zero-order valence-corrected chi connectivity index (χ0v) is 17.4. The Bertz CT molecular complexity index is 916. The molecule has 0 bridgehead atoms. The monoisotopic (exact) mass is 391 g/mol. The molecule has 152 valence electrons. The maximum Gasteiger partial charge on any atom is 0.254 e. The van der Waals surface area contributed by atoms with Crippen molar-refractivity contribution in [3.05, 3.63) is 59.3 Å². The Kier molecular flexibility index (Phi) is 5.15. The van der Waals surface area contributed by atoms with Crippen LogP contribution in [0.4, 0.5) is 5.82 Å². The fourth-order valence-corrected chi connectivity index (χ4v) is 5.17. The Morgan fingerprint density at radius 3 is 2.62 bits per heavy atom. The van der Waals surface area contributed by atoms with E-state index in [0.29, 0.717) is 11.4 Å². The molecule has 1 aliphatic carbocycles. The van der Waals surface area contributed by atoms with Gasteiger partial charge in [-0.1, -0.05) is 44.0 Å². The molecule has 5 heteroatoms. The highest BCUT2D eigenvalue weighted by Crippen LogP contribution is 2.51. The van der Waals surface area contributed by atoms with E-state index in [1.807, 2.05) is 48.2 Å². The minimum Gasteiger partial charge on any atom is -0.329 e. The van der Waals surface area contributed by atoms with Crippen molar-refractivity contribution in [2.24, 2.45) is 0 Å². The molecule has 4 rings (SSSR count). The van der Waals surface area contributed by atoms with Crippen LogP contribution in [0, 0.1) is 6.92 Å². The summed E-state index contributed by atoms with van der Waals surface area (Å²) >= 11 is 0. The molecule has 5 nitrogen and oxygen atoms in total. The highest BCUT2D eigenvalue weighted by atomic mass is 16.2. The van der Waals surface area contributed by atoms with Crippen molar-refractivity contribution >= 4 is 17.6 Å². The first kappa shape index (κ1) is 19.6. The van der Waals surface area contributed by atoms with Crippen LogP contribution < -0.4 is 5.32 Å². The van der Waals surface area contributed by atoms with E-state index in [1.54, 1.807) is 6.20 Å². The lowest BCUT2D eigenvalue weighted by Crippen LogP contribution is -2.62. The first-order chi connectivity index (χ1) is 14.0. The second kappa shape index (κ2) is 7.62. The van der Waals surface area contributed by atoms with E-state index in [2.05, 4.69) is 24.1 Å². The fourth-order valence-electron chi connectivity index (χ4n) is 5.17. The van der Waals surface area contributed by atoms with Crippen molar-refractivity contribution < 1.29 is 9.59 Å². The van der Waals surface area contributed by atoms with Gasteiger partial charge in [0.1, 0.15) is 5.82 Å². The van der Waals surface area contributed by atoms with E-state index in [-0.39, 0.29) is 17.9 Å². The van der Waals surface area contributed by atoms with E-state index in [4.69, 9.17) is 0 Å². The summed E-state index contributed by atoms with van der Waals surface area (Å²) in [5, 5.41) is 3.04. The number of aryl methyl sites for hydroxylation is 1. The lowest BCUT2D eigenvalue weighted by molar-refractivity contribution is -0.121. The zero-order valence-electron chi connectivity index (χ0n) is 17.4. The summed E-state index contributed by atoms with van der Waals surface area (Å²) in [7, 11) is 0. The predicted octanol–water partition coefficient (Wildman–Crippen LogP) is 4.68. The number of carbonyl (C=O) groups is 2. The summed E-state index contributed by atoms with van der Waals surface area (Å²) in [5.41, 5.74) is 2.09. The summed E-state index contributed by atoms with van der Waals surface area (Å²) in [6.07, 6.45) is 6.41. The Morgan fingerprint density at radius 1 is 1.24 bits per heavy atom. The molecule has 2 amide bonds. The number of aromatic nitrogens is 1. The van der Waals surface area contributed by atoms with Gasteiger partial charge in [-0.05, 0) is 56.4 Å². The second-order valence-corrected chi connectivity index (χ2v) is 8.47. The van der Waals surface area contributed by atoms with Crippen LogP contribution in [0.2, 0.25) is 0 Å². The molecule has 1 aromatic heterocycles. The number of carbonyl (C=O) groups excluding carboxylic acids is 2. The number of benzene rings is 1. The summed E-state index contributed by atoms with van der Waals surface area (Å²) in [5.74, 6) is 0.153. The molecule has 2 aromatic rings. The summed E-state index contributed by atoms with van der Waals surface area (Å²) < 4.78 is 0. The molecule has 1 spiro atoms. The van der Waals surface area contributed by atoms with E-state index in [0.717, 1.165) is 43.2 Å². The van der Waals surface area contributed by atoms with Gasteiger partial charge in [-0.3, -0.25) is 9.59 Å². The van der Waals surface area contributed by atoms with Crippen LogP contribution in [0.3, 0.4) is 0 Å². The molecular formula is C24H29N3O2. The number of pyridine rings is 1. The van der Waals surface area contributed by atoms with Crippen LogP contribution in [-0.4, -0.2) is 33.3 Å². The molecule has 29 heavy (non-hydrogen) atoms. The number of amides is 2. The van der Waals surface area contributed by atoms with Crippen molar-refractivity contribution in [2.45, 2.75) is 70.4 Å². The van der Waals surface area contributed by atoms with E-state index in [1.165, 1.54) is 0 Å². The smallest absolute Gasteiger partial charge is 0.254 e. The number of nitrogens with zero attached hydrogens (tertiary/aromatic N) is 2. The van der Waals surface area contributed by atoms with Gasteiger partial charge in [0.25, 0.3) is 5.91 Å². The van der Waals surface area contributed by atoms with Crippen LogP contribution in [-0.2, 0) is 4.79 Å². The molecule has 1 N–H and O–H groups in total. The van der Waals surface area contributed by atoms with Gasteiger partial charge in [0, 0.05) is 17.8 Å². The van der Waals surface area contributed by atoms with Gasteiger partial charge in [0.2, 0.25) is 5.91 Å².